The first-order chi connectivity index (χ1) is 16.3. The number of alkyl halides is 3. The van der Waals surface area contributed by atoms with Crippen molar-refractivity contribution in [1.82, 2.24) is 25.0 Å². The Morgan fingerprint density at radius 1 is 1.18 bits per heavy atom. The minimum atomic E-state index is -4.29. The van der Waals surface area contributed by atoms with E-state index >= 15 is 0 Å². The molecular formula is C23H29F3N6OS. The smallest absolute Gasteiger partial charge is 0.416 e. The van der Waals surface area contributed by atoms with Gasteiger partial charge in [-0.15, -0.1) is 10.2 Å². The molecule has 0 aliphatic carbocycles. The van der Waals surface area contributed by atoms with Crippen molar-refractivity contribution in [3.63, 3.8) is 0 Å². The molecule has 2 fully saturated rings. The molecule has 11 heteroatoms. The normalized spacial score (nSPS) is 22.9. The summed E-state index contributed by atoms with van der Waals surface area (Å²) in [5.41, 5.74) is 1.27. The van der Waals surface area contributed by atoms with Crippen molar-refractivity contribution < 1.29 is 17.9 Å². The molecule has 2 saturated heterocycles. The van der Waals surface area contributed by atoms with Crippen molar-refractivity contribution in [2.24, 2.45) is 13.0 Å². The summed E-state index contributed by atoms with van der Waals surface area (Å²) in [4.78, 5) is 4.78. The van der Waals surface area contributed by atoms with Gasteiger partial charge in [-0.2, -0.15) is 13.2 Å². The molecule has 0 saturated carbocycles. The molecule has 5 rings (SSSR count). The van der Waals surface area contributed by atoms with E-state index in [1.807, 2.05) is 18.5 Å². The average molecular weight is 495 g/mol. The van der Waals surface area contributed by atoms with Crippen LogP contribution in [0.2, 0.25) is 0 Å². The number of hydrogen-bond donors (Lipinski definition) is 1. The van der Waals surface area contributed by atoms with Gasteiger partial charge in [0.2, 0.25) is 5.82 Å². The zero-order valence-electron chi connectivity index (χ0n) is 19.3. The standard InChI is InChI=1S/C23H29F3N6OS/c1-15-20(33-14-27-15)21-28-29-22(30(21)2)34-11-3-9-31-12-16-8-10-32(19(16)13-31)18-6-4-17(5-7-18)23(24,25)26/h4-7,16,19,27H,3,8-14H2,1-2H3/t16?,19-/m1/s1. The van der Waals surface area contributed by atoms with E-state index < -0.39 is 11.7 Å². The van der Waals surface area contributed by atoms with Crippen molar-refractivity contribution in [3.8, 4) is 0 Å². The van der Waals surface area contributed by atoms with E-state index in [1.54, 1.807) is 23.9 Å². The third-order valence-corrected chi connectivity index (χ3v) is 8.04. The number of hydrogen-bond acceptors (Lipinski definition) is 7. The number of halogens is 3. The van der Waals surface area contributed by atoms with Gasteiger partial charge < -0.3 is 24.4 Å². The lowest BCUT2D eigenvalue weighted by atomic mass is 10.0. The highest BCUT2D eigenvalue weighted by Crippen LogP contribution is 2.37. The van der Waals surface area contributed by atoms with Crippen molar-refractivity contribution in [3.05, 3.63) is 41.4 Å². The first-order valence-electron chi connectivity index (χ1n) is 11.6. The van der Waals surface area contributed by atoms with Gasteiger partial charge in [0.05, 0.1) is 11.3 Å². The highest BCUT2D eigenvalue weighted by molar-refractivity contribution is 7.99. The Bertz CT molecular complexity index is 1050. The molecule has 1 aromatic carbocycles. The van der Waals surface area contributed by atoms with Crippen LogP contribution in [-0.2, 0) is 18.0 Å². The Morgan fingerprint density at radius 2 is 1.97 bits per heavy atom. The van der Waals surface area contributed by atoms with Crippen LogP contribution in [0.1, 0.15) is 31.2 Å². The molecule has 1 unspecified atom stereocenters. The van der Waals surface area contributed by atoms with Gasteiger partial charge in [0, 0.05) is 44.2 Å². The Labute approximate surface area is 201 Å². The summed E-state index contributed by atoms with van der Waals surface area (Å²) in [5.74, 6) is 3.01. The topological polar surface area (TPSA) is 58.5 Å². The van der Waals surface area contributed by atoms with E-state index in [0.29, 0.717) is 18.7 Å². The molecule has 0 radical (unpaired) electrons. The van der Waals surface area contributed by atoms with Crippen LogP contribution >= 0.6 is 11.8 Å². The van der Waals surface area contributed by atoms with Crippen LogP contribution in [0.5, 0.6) is 0 Å². The molecule has 0 spiro atoms. The SMILES string of the molecule is CC1=C(c2nnc(SCCCN3CC4CCN(c5ccc(C(F)(F)F)cc5)[C@@H]4C3)n2C)OCN1. The maximum atomic E-state index is 12.9. The molecule has 0 bridgehead atoms. The number of nitrogens with zero attached hydrogens (tertiary/aromatic N) is 5. The number of allylic oxidation sites excluding steroid dienone is 1. The van der Waals surface area contributed by atoms with Gasteiger partial charge >= 0.3 is 6.18 Å². The second kappa shape index (κ2) is 9.33. The molecule has 3 aliphatic rings. The molecule has 4 heterocycles. The molecule has 34 heavy (non-hydrogen) atoms. The van der Waals surface area contributed by atoms with Crippen LogP contribution in [0.4, 0.5) is 18.9 Å². The second-order valence-corrected chi connectivity index (χ2v) is 10.2. The third kappa shape index (κ3) is 4.59. The molecule has 2 atom stereocenters. The maximum Gasteiger partial charge on any atom is 0.416 e. The number of thioether (sulfide) groups is 1. The van der Waals surface area contributed by atoms with Crippen molar-refractivity contribution >= 4 is 23.2 Å². The fourth-order valence-electron chi connectivity index (χ4n) is 5.12. The van der Waals surface area contributed by atoms with E-state index in [2.05, 4.69) is 25.3 Å². The number of aromatic nitrogens is 3. The minimum absolute atomic E-state index is 0.377. The predicted molar refractivity (Wildman–Crippen MR) is 125 cm³/mol. The Balaban J connectivity index is 1.11. The van der Waals surface area contributed by atoms with Gasteiger partial charge in [-0.05, 0) is 56.5 Å². The van der Waals surface area contributed by atoms with Gasteiger partial charge in [-0.3, -0.25) is 0 Å². The van der Waals surface area contributed by atoms with Gasteiger partial charge in [-0.25, -0.2) is 0 Å². The summed E-state index contributed by atoms with van der Waals surface area (Å²) in [6.07, 6.45) is -2.17. The Morgan fingerprint density at radius 3 is 2.68 bits per heavy atom. The number of nitrogens with one attached hydrogen (secondary N) is 1. The molecule has 0 amide bonds. The van der Waals surface area contributed by atoms with Crippen LogP contribution in [0.25, 0.3) is 5.76 Å². The predicted octanol–water partition coefficient (Wildman–Crippen LogP) is 3.79. The molecule has 2 aromatic rings. The van der Waals surface area contributed by atoms with E-state index in [9.17, 15) is 13.2 Å². The van der Waals surface area contributed by atoms with E-state index in [-0.39, 0.29) is 0 Å². The number of likely N-dealkylation sites (tertiary alicyclic amines) is 1. The zero-order valence-corrected chi connectivity index (χ0v) is 20.1. The average Bonchev–Trinajstić information content (AvgIpc) is 3.56. The summed E-state index contributed by atoms with van der Waals surface area (Å²) in [5, 5.41) is 12.6. The lowest BCUT2D eigenvalue weighted by Gasteiger charge is -2.27. The molecule has 7 nitrogen and oxygen atoms in total. The van der Waals surface area contributed by atoms with E-state index in [1.165, 1.54) is 12.1 Å². The number of anilines is 1. The van der Waals surface area contributed by atoms with Crippen LogP contribution in [0.15, 0.2) is 35.1 Å². The van der Waals surface area contributed by atoms with Crippen molar-refractivity contribution in [2.45, 2.75) is 37.1 Å². The first-order valence-corrected chi connectivity index (χ1v) is 12.6. The molecular weight excluding hydrogens is 465 g/mol. The quantitative estimate of drug-likeness (QED) is 0.464. The molecule has 3 aliphatic heterocycles. The number of ether oxygens (including phenoxy) is 1. The summed E-state index contributed by atoms with van der Waals surface area (Å²) < 4.78 is 46.2. The van der Waals surface area contributed by atoms with Crippen LogP contribution in [-0.4, -0.2) is 64.4 Å². The van der Waals surface area contributed by atoms with Crippen LogP contribution in [0.3, 0.4) is 0 Å². The van der Waals surface area contributed by atoms with Crippen molar-refractivity contribution in [2.75, 3.05) is 43.6 Å². The van der Waals surface area contributed by atoms with Crippen LogP contribution < -0.4 is 10.2 Å². The highest BCUT2D eigenvalue weighted by atomic mass is 32.2. The van der Waals surface area contributed by atoms with Gasteiger partial charge in [0.15, 0.2) is 17.6 Å². The zero-order chi connectivity index (χ0) is 23.9. The van der Waals surface area contributed by atoms with Crippen LogP contribution in [0, 0.1) is 5.92 Å². The minimum Gasteiger partial charge on any atom is -0.468 e. The van der Waals surface area contributed by atoms with Gasteiger partial charge in [0.1, 0.15) is 0 Å². The van der Waals surface area contributed by atoms with Gasteiger partial charge in [-0.1, -0.05) is 11.8 Å². The summed E-state index contributed by atoms with van der Waals surface area (Å²) in [6, 6.07) is 5.99. The number of benzene rings is 1. The lowest BCUT2D eigenvalue weighted by molar-refractivity contribution is -0.137. The van der Waals surface area contributed by atoms with Crippen molar-refractivity contribution in [1.29, 1.82) is 0 Å². The first kappa shape index (κ1) is 23.3. The van der Waals surface area contributed by atoms with E-state index in [4.69, 9.17) is 4.74 Å². The summed E-state index contributed by atoms with van der Waals surface area (Å²) in [7, 11) is 1.96. The Hall–Kier alpha value is -2.40. The number of fused-ring (bicyclic) bond motifs is 1. The Kier molecular flexibility index (Phi) is 6.41. The molecule has 1 N–H and O–H groups in total. The highest BCUT2D eigenvalue weighted by Gasteiger charge is 2.41. The monoisotopic (exact) mass is 494 g/mol. The fourth-order valence-corrected chi connectivity index (χ4v) is 5.96. The number of rotatable bonds is 7. The maximum absolute atomic E-state index is 12.9. The van der Waals surface area contributed by atoms with Gasteiger partial charge in [0.25, 0.3) is 0 Å². The van der Waals surface area contributed by atoms with E-state index in [0.717, 1.165) is 72.9 Å². The fraction of sp³-hybridized carbons (Fsp3) is 0.565. The summed E-state index contributed by atoms with van der Waals surface area (Å²) >= 11 is 1.70. The lowest BCUT2D eigenvalue weighted by Crippen LogP contribution is -2.35. The third-order valence-electron chi connectivity index (χ3n) is 6.93. The second-order valence-electron chi connectivity index (χ2n) is 9.10. The largest absolute Gasteiger partial charge is 0.468 e. The molecule has 184 valence electrons. The summed E-state index contributed by atoms with van der Waals surface area (Å²) in [6.45, 7) is 6.36. The molecule has 1 aromatic heterocycles.